The van der Waals surface area contributed by atoms with Gasteiger partial charge in [0.2, 0.25) is 0 Å². The molecule has 7 nitrogen and oxygen atoms in total. The monoisotopic (exact) mass is 526 g/mol. The standard InChI is InChI=1S/C22H34N6O.HI/c1-5-7-11-23-22(24-15-21-26-25-17(3)27(21)4)28-12-10-18-14-20(29-13-6-2)9-8-19(18)16-28;/h8-9,14H,5-7,10-13,15-16H2,1-4H3,(H,23,24);1H. The Bertz CT molecular complexity index is 835. The lowest BCUT2D eigenvalue weighted by Crippen LogP contribution is -2.44. The number of fused-ring (bicyclic) bond motifs is 1. The lowest BCUT2D eigenvalue weighted by molar-refractivity contribution is 0.315. The number of guanidine groups is 1. The predicted molar refractivity (Wildman–Crippen MR) is 132 cm³/mol. The smallest absolute Gasteiger partial charge is 0.194 e. The Kier molecular flexibility index (Phi) is 9.87. The number of nitrogens with one attached hydrogen (secondary N) is 1. The van der Waals surface area contributed by atoms with E-state index in [-0.39, 0.29) is 24.0 Å². The highest BCUT2D eigenvalue weighted by molar-refractivity contribution is 14.0. The summed E-state index contributed by atoms with van der Waals surface area (Å²) in [5.74, 6) is 3.72. The van der Waals surface area contributed by atoms with Crippen molar-refractivity contribution in [2.24, 2.45) is 12.0 Å². The molecule has 0 bridgehead atoms. The summed E-state index contributed by atoms with van der Waals surface area (Å²) >= 11 is 0. The molecule has 0 radical (unpaired) electrons. The third-order valence-electron chi connectivity index (χ3n) is 5.33. The van der Waals surface area contributed by atoms with Crippen LogP contribution in [-0.2, 0) is 26.6 Å². The fourth-order valence-corrected chi connectivity index (χ4v) is 3.40. The molecular weight excluding hydrogens is 491 g/mol. The molecule has 1 N–H and O–H groups in total. The molecular formula is C22H35IN6O. The summed E-state index contributed by atoms with van der Waals surface area (Å²) in [7, 11) is 1.99. The van der Waals surface area contributed by atoms with Crippen molar-refractivity contribution in [1.82, 2.24) is 25.0 Å². The average Bonchev–Trinajstić information content (AvgIpc) is 3.06. The summed E-state index contributed by atoms with van der Waals surface area (Å²) in [5, 5.41) is 11.9. The second-order valence-corrected chi connectivity index (χ2v) is 7.59. The number of nitrogens with zero attached hydrogens (tertiary/aromatic N) is 5. The van der Waals surface area contributed by atoms with Crippen LogP contribution >= 0.6 is 24.0 Å². The number of rotatable bonds is 8. The second-order valence-electron chi connectivity index (χ2n) is 7.59. The lowest BCUT2D eigenvalue weighted by Gasteiger charge is -2.32. The molecule has 0 spiro atoms. The Balaban J connectivity index is 0.00000320. The minimum Gasteiger partial charge on any atom is -0.494 e. The van der Waals surface area contributed by atoms with Gasteiger partial charge < -0.3 is 19.5 Å². The molecule has 1 aromatic heterocycles. The Hall–Kier alpha value is -1.84. The molecule has 1 aromatic carbocycles. The van der Waals surface area contributed by atoms with E-state index in [0.29, 0.717) is 6.54 Å². The first-order valence-electron chi connectivity index (χ1n) is 10.7. The van der Waals surface area contributed by atoms with Crippen LogP contribution in [0.1, 0.15) is 55.9 Å². The summed E-state index contributed by atoms with van der Waals surface area (Å²) in [4.78, 5) is 7.22. The topological polar surface area (TPSA) is 67.6 Å². The zero-order chi connectivity index (χ0) is 20.6. The maximum absolute atomic E-state index is 5.80. The van der Waals surface area contributed by atoms with Gasteiger partial charge in [-0.1, -0.05) is 26.3 Å². The molecule has 2 aromatic rings. The van der Waals surface area contributed by atoms with E-state index < -0.39 is 0 Å². The number of halogens is 1. The van der Waals surface area contributed by atoms with E-state index in [1.54, 1.807) is 0 Å². The number of hydrogen-bond acceptors (Lipinski definition) is 4. The van der Waals surface area contributed by atoms with Crippen LogP contribution in [0.15, 0.2) is 23.2 Å². The molecule has 0 atom stereocenters. The summed E-state index contributed by atoms with van der Waals surface area (Å²) in [6.07, 6.45) is 4.31. The van der Waals surface area contributed by atoms with Gasteiger partial charge in [0, 0.05) is 26.7 Å². The number of ether oxygens (including phenoxy) is 1. The van der Waals surface area contributed by atoms with E-state index in [1.165, 1.54) is 11.1 Å². The van der Waals surface area contributed by atoms with Crippen molar-refractivity contribution < 1.29 is 4.74 Å². The Morgan fingerprint density at radius 1 is 1.20 bits per heavy atom. The highest BCUT2D eigenvalue weighted by Gasteiger charge is 2.20. The first-order chi connectivity index (χ1) is 14.1. The van der Waals surface area contributed by atoms with Gasteiger partial charge in [0.1, 0.15) is 18.1 Å². The highest BCUT2D eigenvalue weighted by atomic mass is 127. The summed E-state index contributed by atoms with van der Waals surface area (Å²) in [5.41, 5.74) is 2.73. The molecule has 1 aliphatic heterocycles. The summed E-state index contributed by atoms with van der Waals surface area (Å²) in [6, 6.07) is 6.48. The minimum absolute atomic E-state index is 0. The first kappa shape index (κ1) is 24.4. The van der Waals surface area contributed by atoms with Crippen molar-refractivity contribution >= 4 is 29.9 Å². The zero-order valence-electron chi connectivity index (χ0n) is 18.6. The van der Waals surface area contributed by atoms with Crippen LogP contribution < -0.4 is 10.1 Å². The van der Waals surface area contributed by atoms with E-state index in [9.17, 15) is 0 Å². The van der Waals surface area contributed by atoms with Gasteiger partial charge in [-0.2, -0.15) is 0 Å². The number of aliphatic imine (C=N–C) groups is 1. The van der Waals surface area contributed by atoms with Crippen LogP contribution in [0.25, 0.3) is 0 Å². The molecule has 0 saturated carbocycles. The molecule has 3 rings (SSSR count). The molecule has 166 valence electrons. The van der Waals surface area contributed by atoms with Crippen LogP contribution in [0.2, 0.25) is 0 Å². The van der Waals surface area contributed by atoms with Gasteiger partial charge in [-0.3, -0.25) is 0 Å². The van der Waals surface area contributed by atoms with Crippen molar-refractivity contribution in [3.05, 3.63) is 41.0 Å². The molecule has 30 heavy (non-hydrogen) atoms. The number of hydrogen-bond donors (Lipinski definition) is 1. The van der Waals surface area contributed by atoms with Crippen molar-refractivity contribution in [3.63, 3.8) is 0 Å². The van der Waals surface area contributed by atoms with Crippen molar-refractivity contribution in [2.75, 3.05) is 19.7 Å². The third-order valence-corrected chi connectivity index (χ3v) is 5.33. The average molecular weight is 526 g/mol. The normalized spacial score (nSPS) is 13.6. The van der Waals surface area contributed by atoms with Gasteiger partial charge in [-0.15, -0.1) is 34.2 Å². The van der Waals surface area contributed by atoms with E-state index in [2.05, 4.69) is 52.5 Å². The van der Waals surface area contributed by atoms with Crippen LogP contribution in [0.4, 0.5) is 0 Å². The SMILES string of the molecule is CCCCNC(=NCc1nnc(C)n1C)N1CCc2cc(OCCC)ccc2C1.I. The van der Waals surface area contributed by atoms with E-state index in [1.807, 2.05) is 18.5 Å². The maximum atomic E-state index is 5.80. The van der Waals surface area contributed by atoms with Crippen LogP contribution in [-0.4, -0.2) is 45.3 Å². The van der Waals surface area contributed by atoms with Crippen LogP contribution in [0, 0.1) is 6.92 Å². The van der Waals surface area contributed by atoms with Crippen LogP contribution in [0.5, 0.6) is 5.75 Å². The number of aromatic nitrogens is 3. The summed E-state index contributed by atoms with van der Waals surface area (Å²) in [6.45, 7) is 10.3. The van der Waals surface area contributed by atoms with Gasteiger partial charge in [0.15, 0.2) is 11.8 Å². The molecule has 0 saturated heterocycles. The fourth-order valence-electron chi connectivity index (χ4n) is 3.40. The fraction of sp³-hybridized carbons (Fsp3) is 0.591. The Labute approximate surface area is 197 Å². The van der Waals surface area contributed by atoms with Gasteiger partial charge in [-0.25, -0.2) is 4.99 Å². The largest absolute Gasteiger partial charge is 0.494 e. The zero-order valence-corrected chi connectivity index (χ0v) is 21.0. The molecule has 1 aliphatic rings. The van der Waals surface area contributed by atoms with E-state index in [4.69, 9.17) is 9.73 Å². The predicted octanol–water partition coefficient (Wildman–Crippen LogP) is 3.83. The van der Waals surface area contributed by atoms with Gasteiger partial charge in [-0.05, 0) is 49.4 Å². The molecule has 0 unspecified atom stereocenters. The lowest BCUT2D eigenvalue weighted by atomic mass is 9.99. The Morgan fingerprint density at radius 2 is 2.03 bits per heavy atom. The molecule has 0 aliphatic carbocycles. The number of aryl methyl sites for hydroxylation is 1. The van der Waals surface area contributed by atoms with E-state index >= 15 is 0 Å². The minimum atomic E-state index is 0. The van der Waals surface area contributed by atoms with Crippen molar-refractivity contribution in [1.29, 1.82) is 0 Å². The quantitative estimate of drug-likeness (QED) is 0.245. The number of benzene rings is 1. The van der Waals surface area contributed by atoms with E-state index in [0.717, 1.165) is 75.3 Å². The molecule has 2 heterocycles. The molecule has 0 amide bonds. The number of unbranched alkanes of at least 4 members (excludes halogenated alkanes) is 1. The van der Waals surface area contributed by atoms with Gasteiger partial charge in [0.25, 0.3) is 0 Å². The first-order valence-corrected chi connectivity index (χ1v) is 10.7. The highest BCUT2D eigenvalue weighted by Crippen LogP contribution is 2.24. The van der Waals surface area contributed by atoms with Gasteiger partial charge >= 0.3 is 0 Å². The van der Waals surface area contributed by atoms with Crippen LogP contribution in [0.3, 0.4) is 0 Å². The maximum Gasteiger partial charge on any atom is 0.194 e. The van der Waals surface area contributed by atoms with Crippen molar-refractivity contribution in [3.8, 4) is 5.75 Å². The Morgan fingerprint density at radius 3 is 2.73 bits per heavy atom. The molecule has 8 heteroatoms. The molecule has 0 fully saturated rings. The van der Waals surface area contributed by atoms with Gasteiger partial charge in [0.05, 0.1) is 6.61 Å². The summed E-state index contributed by atoms with van der Waals surface area (Å²) < 4.78 is 7.79. The third kappa shape index (κ3) is 6.33. The van der Waals surface area contributed by atoms with Crippen molar-refractivity contribution in [2.45, 2.75) is 59.5 Å². The second kappa shape index (κ2) is 12.1.